The van der Waals surface area contributed by atoms with Gasteiger partial charge in [0.05, 0.1) is 12.2 Å². The van der Waals surface area contributed by atoms with Crippen LogP contribution in [0.15, 0.2) is 27.4 Å². The predicted molar refractivity (Wildman–Crippen MR) is 84.2 cm³/mol. The van der Waals surface area contributed by atoms with Gasteiger partial charge in [0.25, 0.3) is 0 Å². The summed E-state index contributed by atoms with van der Waals surface area (Å²) in [6, 6.07) is 4.90. The van der Waals surface area contributed by atoms with Gasteiger partial charge in [-0.15, -0.1) is 0 Å². The molecule has 1 aromatic carbocycles. The number of ether oxygens (including phenoxy) is 1. The van der Waals surface area contributed by atoms with Gasteiger partial charge in [-0.3, -0.25) is 4.90 Å². The molecule has 22 heavy (non-hydrogen) atoms. The number of aryl methyl sites for hydroxylation is 1. The van der Waals surface area contributed by atoms with E-state index in [0.29, 0.717) is 17.7 Å². The number of rotatable bonds is 2. The van der Waals surface area contributed by atoms with E-state index in [1.54, 1.807) is 19.1 Å². The van der Waals surface area contributed by atoms with Crippen molar-refractivity contribution in [3.05, 3.63) is 39.7 Å². The summed E-state index contributed by atoms with van der Waals surface area (Å²) in [6.45, 7) is 8.17. The summed E-state index contributed by atoms with van der Waals surface area (Å²) < 4.78 is 11.0. The highest BCUT2D eigenvalue weighted by Gasteiger charge is 2.23. The average molecular weight is 303 g/mol. The molecule has 1 aromatic heterocycles. The van der Waals surface area contributed by atoms with Crippen molar-refractivity contribution in [1.29, 1.82) is 0 Å². The molecule has 0 amide bonds. The summed E-state index contributed by atoms with van der Waals surface area (Å²) in [4.78, 5) is 14.1. The van der Waals surface area contributed by atoms with Gasteiger partial charge in [0, 0.05) is 31.1 Å². The Labute approximate surface area is 129 Å². The first-order valence-electron chi connectivity index (χ1n) is 7.56. The summed E-state index contributed by atoms with van der Waals surface area (Å²) in [5.41, 5.74) is 1.73. The Balaban J connectivity index is 1.99. The standard InChI is InChI=1S/C17H21NO4/c1-10-4-16-14(6-15(10)19)13(5-17(20)22-16)9-18-7-11(2)21-12(3)8-18/h4-6,11-12,19H,7-9H2,1-3H3/t11-,12+. The molecule has 0 spiro atoms. The molecule has 0 radical (unpaired) electrons. The number of nitrogens with zero attached hydrogens (tertiary/aromatic N) is 1. The van der Waals surface area contributed by atoms with Crippen LogP contribution in [0.1, 0.15) is 25.0 Å². The Hall–Kier alpha value is -1.85. The minimum Gasteiger partial charge on any atom is -0.508 e. The second kappa shape index (κ2) is 5.74. The van der Waals surface area contributed by atoms with Crippen molar-refractivity contribution in [1.82, 2.24) is 4.90 Å². The first kappa shape index (κ1) is 15.1. The van der Waals surface area contributed by atoms with Crippen LogP contribution < -0.4 is 5.63 Å². The third kappa shape index (κ3) is 3.00. The maximum Gasteiger partial charge on any atom is 0.336 e. The molecule has 1 saturated heterocycles. The van der Waals surface area contributed by atoms with Gasteiger partial charge in [0.15, 0.2) is 0 Å². The number of fused-ring (bicyclic) bond motifs is 1. The summed E-state index contributed by atoms with van der Waals surface area (Å²) in [5, 5.41) is 10.7. The van der Waals surface area contributed by atoms with Gasteiger partial charge in [-0.05, 0) is 44.0 Å². The largest absolute Gasteiger partial charge is 0.508 e. The molecule has 2 heterocycles. The zero-order chi connectivity index (χ0) is 15.9. The van der Waals surface area contributed by atoms with E-state index in [9.17, 15) is 9.90 Å². The summed E-state index contributed by atoms with van der Waals surface area (Å²) in [6.07, 6.45) is 0.344. The van der Waals surface area contributed by atoms with Crippen molar-refractivity contribution in [2.24, 2.45) is 0 Å². The topological polar surface area (TPSA) is 62.9 Å². The SMILES string of the molecule is Cc1cc2oc(=O)cc(CN3C[C@@H](C)O[C@@H](C)C3)c2cc1O. The van der Waals surface area contributed by atoms with Crippen molar-refractivity contribution in [2.45, 2.75) is 39.5 Å². The van der Waals surface area contributed by atoms with E-state index in [1.165, 1.54) is 6.07 Å². The van der Waals surface area contributed by atoms with E-state index in [4.69, 9.17) is 9.15 Å². The van der Waals surface area contributed by atoms with Crippen LogP contribution in [0.25, 0.3) is 11.0 Å². The van der Waals surface area contributed by atoms with Crippen molar-refractivity contribution in [3.63, 3.8) is 0 Å². The maximum absolute atomic E-state index is 11.8. The first-order chi connectivity index (χ1) is 10.4. The Bertz CT molecular complexity index is 742. The lowest BCUT2D eigenvalue weighted by Crippen LogP contribution is -2.44. The minimum absolute atomic E-state index is 0.172. The molecular formula is C17H21NO4. The van der Waals surface area contributed by atoms with E-state index in [-0.39, 0.29) is 23.6 Å². The van der Waals surface area contributed by atoms with Gasteiger partial charge >= 0.3 is 5.63 Å². The van der Waals surface area contributed by atoms with E-state index in [2.05, 4.69) is 18.7 Å². The van der Waals surface area contributed by atoms with Gasteiger partial charge in [0.2, 0.25) is 0 Å². The molecule has 5 nitrogen and oxygen atoms in total. The Morgan fingerprint density at radius 1 is 1.23 bits per heavy atom. The minimum atomic E-state index is -0.359. The van der Waals surface area contributed by atoms with Crippen molar-refractivity contribution >= 4 is 11.0 Å². The normalized spacial score (nSPS) is 23.0. The predicted octanol–water partition coefficient (Wildman–Crippen LogP) is 2.42. The smallest absolute Gasteiger partial charge is 0.336 e. The Morgan fingerprint density at radius 3 is 2.59 bits per heavy atom. The molecule has 0 saturated carbocycles. The third-order valence-corrected chi connectivity index (χ3v) is 4.04. The second-order valence-electron chi connectivity index (χ2n) is 6.18. The lowest BCUT2D eigenvalue weighted by Gasteiger charge is -2.35. The second-order valence-corrected chi connectivity index (χ2v) is 6.18. The molecule has 1 aliphatic heterocycles. The van der Waals surface area contributed by atoms with E-state index in [1.807, 2.05) is 0 Å². The highest BCUT2D eigenvalue weighted by Crippen LogP contribution is 2.27. The maximum atomic E-state index is 11.8. The number of hydrogen-bond donors (Lipinski definition) is 1. The van der Waals surface area contributed by atoms with Crippen LogP contribution in [-0.2, 0) is 11.3 Å². The quantitative estimate of drug-likeness (QED) is 0.863. The molecule has 1 fully saturated rings. The number of aromatic hydroxyl groups is 1. The fraction of sp³-hybridized carbons (Fsp3) is 0.471. The van der Waals surface area contributed by atoms with Crippen LogP contribution in [0.4, 0.5) is 0 Å². The fourth-order valence-corrected chi connectivity index (χ4v) is 3.15. The lowest BCUT2D eigenvalue weighted by molar-refractivity contribution is -0.0704. The van der Waals surface area contributed by atoms with Gasteiger partial charge in [-0.25, -0.2) is 4.79 Å². The summed E-state index contributed by atoms with van der Waals surface area (Å²) >= 11 is 0. The average Bonchev–Trinajstić information content (AvgIpc) is 2.39. The number of phenols is 1. The van der Waals surface area contributed by atoms with Gasteiger partial charge in [0.1, 0.15) is 11.3 Å². The molecule has 2 atom stereocenters. The van der Waals surface area contributed by atoms with Crippen molar-refractivity contribution in [3.8, 4) is 5.75 Å². The number of hydrogen-bond acceptors (Lipinski definition) is 5. The first-order valence-corrected chi connectivity index (χ1v) is 7.56. The zero-order valence-corrected chi connectivity index (χ0v) is 13.1. The fourth-order valence-electron chi connectivity index (χ4n) is 3.15. The number of morpholine rings is 1. The Morgan fingerprint density at radius 2 is 1.91 bits per heavy atom. The molecule has 1 N–H and O–H groups in total. The summed E-state index contributed by atoms with van der Waals surface area (Å²) in [7, 11) is 0. The molecule has 2 aromatic rings. The third-order valence-electron chi connectivity index (χ3n) is 4.04. The van der Waals surface area contributed by atoms with Crippen LogP contribution in [0.5, 0.6) is 5.75 Å². The molecule has 0 bridgehead atoms. The number of phenolic OH excluding ortho intramolecular Hbond substituents is 1. The van der Waals surface area contributed by atoms with Crippen molar-refractivity contribution < 1.29 is 14.3 Å². The number of benzene rings is 1. The molecular weight excluding hydrogens is 282 g/mol. The Kier molecular flexibility index (Phi) is 3.93. The van der Waals surface area contributed by atoms with Crippen molar-refractivity contribution in [2.75, 3.05) is 13.1 Å². The zero-order valence-electron chi connectivity index (χ0n) is 13.1. The highest BCUT2D eigenvalue weighted by molar-refractivity contribution is 5.82. The molecule has 3 rings (SSSR count). The van der Waals surface area contributed by atoms with Crippen LogP contribution >= 0.6 is 0 Å². The van der Waals surface area contributed by atoms with E-state index < -0.39 is 0 Å². The monoisotopic (exact) mass is 303 g/mol. The summed E-state index contributed by atoms with van der Waals surface area (Å²) in [5.74, 6) is 0.214. The van der Waals surface area contributed by atoms with E-state index >= 15 is 0 Å². The van der Waals surface area contributed by atoms with Crippen LogP contribution in [-0.4, -0.2) is 35.3 Å². The van der Waals surface area contributed by atoms with Crippen LogP contribution in [0, 0.1) is 6.92 Å². The molecule has 1 aliphatic rings. The van der Waals surface area contributed by atoms with E-state index in [0.717, 1.165) is 24.0 Å². The molecule has 0 unspecified atom stereocenters. The van der Waals surface area contributed by atoms with Gasteiger partial charge in [-0.2, -0.15) is 0 Å². The van der Waals surface area contributed by atoms with Gasteiger partial charge < -0.3 is 14.3 Å². The van der Waals surface area contributed by atoms with Gasteiger partial charge in [-0.1, -0.05) is 0 Å². The van der Waals surface area contributed by atoms with Crippen LogP contribution in [0.2, 0.25) is 0 Å². The molecule has 0 aliphatic carbocycles. The molecule has 118 valence electrons. The lowest BCUT2D eigenvalue weighted by atomic mass is 10.1. The van der Waals surface area contributed by atoms with Crippen LogP contribution in [0.3, 0.4) is 0 Å². The highest BCUT2D eigenvalue weighted by atomic mass is 16.5. The molecule has 5 heteroatoms.